The Kier molecular flexibility index (Phi) is 3.16. The van der Waals surface area contributed by atoms with E-state index >= 15 is 0 Å². The van der Waals surface area contributed by atoms with Gasteiger partial charge in [0.25, 0.3) is 0 Å². The summed E-state index contributed by atoms with van der Waals surface area (Å²) < 4.78 is 0. The first kappa shape index (κ1) is 10.8. The molecular formula is C6H6NO4Zn-. The van der Waals surface area contributed by atoms with Crippen molar-refractivity contribution in [3.05, 3.63) is 6.07 Å². The Labute approximate surface area is 80.8 Å². The fourth-order valence-corrected chi connectivity index (χ4v) is 0.598. The van der Waals surface area contributed by atoms with Gasteiger partial charge in [-0.1, -0.05) is 6.07 Å². The summed E-state index contributed by atoms with van der Waals surface area (Å²) >= 11 is 0. The van der Waals surface area contributed by atoms with Crippen LogP contribution >= 0.6 is 0 Å². The van der Waals surface area contributed by atoms with Crippen molar-refractivity contribution >= 4 is 5.69 Å². The van der Waals surface area contributed by atoms with Crippen molar-refractivity contribution in [1.29, 1.82) is 0 Å². The monoisotopic (exact) mass is 220 g/mol. The number of benzene rings is 1. The summed E-state index contributed by atoms with van der Waals surface area (Å²) in [7, 11) is 0. The molecule has 1 aromatic rings. The number of aromatic hydroxyl groups is 4. The molecule has 0 atom stereocenters. The zero-order chi connectivity index (χ0) is 8.59. The van der Waals surface area contributed by atoms with Gasteiger partial charge in [-0.15, -0.1) is 0 Å². The average Bonchev–Trinajstić information content (AvgIpc) is 1.97. The molecule has 6 N–H and O–H groups in total. The van der Waals surface area contributed by atoms with Gasteiger partial charge in [-0.25, -0.2) is 0 Å². The van der Waals surface area contributed by atoms with Gasteiger partial charge in [0, 0.05) is 25.2 Å². The van der Waals surface area contributed by atoms with E-state index in [-0.39, 0.29) is 19.5 Å². The van der Waals surface area contributed by atoms with Crippen molar-refractivity contribution < 1.29 is 39.9 Å². The summed E-state index contributed by atoms with van der Waals surface area (Å²) in [5, 5.41) is 35.2. The van der Waals surface area contributed by atoms with E-state index < -0.39 is 28.7 Å². The van der Waals surface area contributed by atoms with Crippen molar-refractivity contribution in [2.75, 3.05) is 5.73 Å². The Morgan fingerprint density at radius 3 is 1.58 bits per heavy atom. The van der Waals surface area contributed by atoms with Crippen LogP contribution in [0, 0.1) is 6.07 Å². The molecule has 0 aliphatic rings. The number of nitrogens with two attached hydrogens (primary N) is 1. The molecule has 0 fully saturated rings. The first-order valence-electron chi connectivity index (χ1n) is 2.68. The summed E-state index contributed by atoms with van der Waals surface area (Å²) in [6.07, 6.45) is 0. The summed E-state index contributed by atoms with van der Waals surface area (Å²) in [5.74, 6) is -2.78. The molecule has 0 bridgehead atoms. The second-order valence-electron chi connectivity index (χ2n) is 1.93. The molecule has 0 heterocycles. The number of anilines is 1. The third-order valence-corrected chi connectivity index (χ3v) is 1.20. The summed E-state index contributed by atoms with van der Waals surface area (Å²) in [6.45, 7) is 0. The van der Waals surface area contributed by atoms with E-state index in [0.717, 1.165) is 0 Å². The Bertz CT molecular complexity index is 276. The topological polar surface area (TPSA) is 107 Å². The van der Waals surface area contributed by atoms with Gasteiger partial charge in [-0.3, -0.25) is 0 Å². The van der Waals surface area contributed by atoms with Crippen LogP contribution in [-0.4, -0.2) is 20.4 Å². The number of hydrogen-bond acceptors (Lipinski definition) is 5. The number of phenols is 4. The van der Waals surface area contributed by atoms with Gasteiger partial charge < -0.3 is 26.2 Å². The van der Waals surface area contributed by atoms with Gasteiger partial charge in [-0.2, -0.15) is 0 Å². The quantitative estimate of drug-likeness (QED) is 0.138. The zero-order valence-electron chi connectivity index (χ0n) is 6.07. The largest absolute Gasteiger partial charge is 0.560 e. The smallest absolute Gasteiger partial charge is 0.0697 e. The van der Waals surface area contributed by atoms with Crippen LogP contribution in [0.3, 0.4) is 0 Å². The molecule has 0 amide bonds. The summed E-state index contributed by atoms with van der Waals surface area (Å²) in [5.41, 5.74) is 4.57. The van der Waals surface area contributed by atoms with Crippen molar-refractivity contribution in [2.45, 2.75) is 0 Å². The number of rotatable bonds is 0. The van der Waals surface area contributed by atoms with Crippen LogP contribution in [0.5, 0.6) is 23.0 Å². The van der Waals surface area contributed by atoms with E-state index in [1.807, 2.05) is 6.07 Å². The van der Waals surface area contributed by atoms with Crippen molar-refractivity contribution in [2.24, 2.45) is 0 Å². The van der Waals surface area contributed by atoms with Crippen LogP contribution in [0.4, 0.5) is 5.69 Å². The standard InChI is InChI=1S/C6H6NO4.Zn/c7-4-5(10)2(8)1-3(9)6(4)11;/h8-11H,7H2;/q-1;. The molecule has 0 aromatic heterocycles. The van der Waals surface area contributed by atoms with Gasteiger partial charge in [0.05, 0.1) is 23.0 Å². The molecule has 12 heavy (non-hydrogen) atoms. The van der Waals surface area contributed by atoms with Gasteiger partial charge in [0.15, 0.2) is 0 Å². The van der Waals surface area contributed by atoms with Crippen LogP contribution in [-0.2, 0) is 19.5 Å². The Balaban J connectivity index is 0.00000121. The van der Waals surface area contributed by atoms with Crippen molar-refractivity contribution in [3.8, 4) is 23.0 Å². The van der Waals surface area contributed by atoms with Crippen LogP contribution < -0.4 is 5.73 Å². The molecule has 62 valence electrons. The maximum atomic E-state index is 8.83. The molecule has 1 aromatic carbocycles. The first-order chi connectivity index (χ1) is 5.04. The van der Waals surface area contributed by atoms with E-state index in [4.69, 9.17) is 26.2 Å². The first-order valence-corrected chi connectivity index (χ1v) is 2.68. The molecular weight excluding hydrogens is 215 g/mol. The Morgan fingerprint density at radius 1 is 0.917 bits per heavy atom. The van der Waals surface area contributed by atoms with E-state index in [9.17, 15) is 0 Å². The second-order valence-corrected chi connectivity index (χ2v) is 1.93. The number of nitrogen functional groups attached to an aromatic ring is 1. The van der Waals surface area contributed by atoms with Gasteiger partial charge in [-0.05, 0) is 0 Å². The van der Waals surface area contributed by atoms with Gasteiger partial charge in [0.2, 0.25) is 0 Å². The predicted octanol–water partition coefficient (Wildman–Crippen LogP) is -0.111. The molecule has 1 rings (SSSR count). The molecule has 6 heteroatoms. The van der Waals surface area contributed by atoms with Gasteiger partial charge in [0.1, 0.15) is 0 Å². The summed E-state index contributed by atoms with van der Waals surface area (Å²) in [4.78, 5) is 0. The normalized spacial score (nSPS) is 9.00. The maximum absolute atomic E-state index is 8.83. The molecule has 0 radical (unpaired) electrons. The molecule has 0 spiro atoms. The zero-order valence-corrected chi connectivity index (χ0v) is 9.04. The molecule has 5 nitrogen and oxygen atoms in total. The van der Waals surface area contributed by atoms with Crippen molar-refractivity contribution in [1.82, 2.24) is 0 Å². The predicted molar refractivity (Wildman–Crippen MR) is 36.3 cm³/mol. The Morgan fingerprint density at radius 2 is 1.25 bits per heavy atom. The fraction of sp³-hybridized carbons (Fsp3) is 0. The molecule has 0 aliphatic carbocycles. The SMILES string of the molecule is Nc1c(O)c(O)[c-]c(O)c1O.[Zn]. The molecule has 0 saturated heterocycles. The third-order valence-electron chi connectivity index (χ3n) is 1.20. The molecule has 0 aliphatic heterocycles. The third kappa shape index (κ3) is 1.53. The van der Waals surface area contributed by atoms with E-state index in [1.165, 1.54) is 0 Å². The van der Waals surface area contributed by atoms with Crippen LogP contribution in [0.25, 0.3) is 0 Å². The van der Waals surface area contributed by atoms with E-state index in [2.05, 4.69) is 0 Å². The maximum Gasteiger partial charge on any atom is 0.0697 e. The Hall–Kier alpha value is -1.16. The van der Waals surface area contributed by atoms with Crippen LogP contribution in [0.2, 0.25) is 0 Å². The van der Waals surface area contributed by atoms with Crippen LogP contribution in [0.1, 0.15) is 0 Å². The minimum Gasteiger partial charge on any atom is -0.560 e. The summed E-state index contributed by atoms with van der Waals surface area (Å²) in [6, 6.07) is 1.88. The number of phenolic OH excluding ortho intramolecular Hbond substituents is 4. The second kappa shape index (κ2) is 3.49. The fourth-order valence-electron chi connectivity index (χ4n) is 0.598. The van der Waals surface area contributed by atoms with Crippen LogP contribution in [0.15, 0.2) is 0 Å². The van der Waals surface area contributed by atoms with E-state index in [1.54, 1.807) is 0 Å². The van der Waals surface area contributed by atoms with Gasteiger partial charge >= 0.3 is 0 Å². The average molecular weight is 222 g/mol. The minimum absolute atomic E-state index is 0. The van der Waals surface area contributed by atoms with E-state index in [0.29, 0.717) is 0 Å². The number of hydrogen-bond donors (Lipinski definition) is 5. The molecule has 0 saturated carbocycles. The van der Waals surface area contributed by atoms with Crippen molar-refractivity contribution in [3.63, 3.8) is 0 Å². The molecule has 0 unspecified atom stereocenters. The minimum atomic E-state index is -0.696.